The van der Waals surface area contributed by atoms with Crippen LogP contribution in [0.2, 0.25) is 0 Å². The Morgan fingerprint density at radius 3 is 2.57 bits per heavy atom. The van der Waals surface area contributed by atoms with Crippen molar-refractivity contribution in [3.8, 4) is 0 Å². The minimum absolute atomic E-state index is 0.339. The van der Waals surface area contributed by atoms with Crippen molar-refractivity contribution in [2.75, 3.05) is 16.8 Å². The zero-order valence-corrected chi connectivity index (χ0v) is 13.1. The minimum atomic E-state index is 0.339. The van der Waals surface area contributed by atoms with Gasteiger partial charge in [-0.2, -0.15) is 4.98 Å². The van der Waals surface area contributed by atoms with Crippen molar-refractivity contribution in [2.45, 2.75) is 39.8 Å². The van der Waals surface area contributed by atoms with E-state index in [0.717, 1.165) is 31.3 Å². The number of hydrogen-bond donors (Lipinski definition) is 1. The molecule has 2 aromatic rings. The van der Waals surface area contributed by atoms with Crippen LogP contribution < -0.4 is 10.2 Å². The molecule has 112 valence electrons. The maximum absolute atomic E-state index is 4.63. The summed E-state index contributed by atoms with van der Waals surface area (Å²) in [4.78, 5) is 11.3. The number of nitrogens with zero attached hydrogens (tertiary/aromatic N) is 3. The van der Waals surface area contributed by atoms with Gasteiger partial charge in [-0.1, -0.05) is 37.3 Å². The molecule has 0 aliphatic heterocycles. The Bertz CT molecular complexity index is 539. The number of aromatic nitrogens is 2. The van der Waals surface area contributed by atoms with Crippen LogP contribution in [0.5, 0.6) is 0 Å². The summed E-state index contributed by atoms with van der Waals surface area (Å²) in [6.45, 7) is 8.22. The molecule has 1 N–H and O–H groups in total. The summed E-state index contributed by atoms with van der Waals surface area (Å²) >= 11 is 0. The maximum Gasteiger partial charge on any atom is 0.227 e. The fourth-order valence-corrected chi connectivity index (χ4v) is 2.10. The monoisotopic (exact) mass is 284 g/mol. The van der Waals surface area contributed by atoms with Gasteiger partial charge in [-0.25, -0.2) is 4.98 Å². The Labute approximate surface area is 127 Å². The lowest BCUT2D eigenvalue weighted by Gasteiger charge is -2.27. The minimum Gasteiger partial charge on any atom is -0.370 e. The first-order valence-electron chi connectivity index (χ1n) is 7.58. The van der Waals surface area contributed by atoms with Gasteiger partial charge in [0, 0.05) is 25.3 Å². The molecule has 4 nitrogen and oxygen atoms in total. The Kier molecular flexibility index (Phi) is 5.55. The lowest BCUT2D eigenvalue weighted by Crippen LogP contribution is -2.31. The van der Waals surface area contributed by atoms with Gasteiger partial charge in [0.2, 0.25) is 5.95 Å². The van der Waals surface area contributed by atoms with Crippen LogP contribution in [0.15, 0.2) is 42.6 Å². The molecule has 0 unspecified atom stereocenters. The Balaban J connectivity index is 2.18. The standard InChI is InChI=1S/C17H24N4/c1-4-11-18-16-10-12-19-17(20-16)21(14(2)3)13-15-8-6-5-7-9-15/h5-10,12,14H,4,11,13H2,1-3H3,(H,18,19,20). The molecule has 1 aromatic heterocycles. The molecule has 0 aliphatic rings. The van der Waals surface area contributed by atoms with E-state index >= 15 is 0 Å². The second kappa shape index (κ2) is 7.62. The van der Waals surface area contributed by atoms with Crippen LogP contribution in [0.4, 0.5) is 11.8 Å². The maximum atomic E-state index is 4.63. The van der Waals surface area contributed by atoms with Crippen molar-refractivity contribution < 1.29 is 0 Å². The van der Waals surface area contributed by atoms with E-state index in [-0.39, 0.29) is 0 Å². The number of benzene rings is 1. The number of hydrogen-bond acceptors (Lipinski definition) is 4. The van der Waals surface area contributed by atoms with Gasteiger partial charge >= 0.3 is 0 Å². The molecule has 21 heavy (non-hydrogen) atoms. The second-order valence-corrected chi connectivity index (χ2v) is 5.38. The summed E-state index contributed by atoms with van der Waals surface area (Å²) in [6, 6.07) is 12.7. The molecule has 2 rings (SSSR count). The summed E-state index contributed by atoms with van der Waals surface area (Å²) in [6.07, 6.45) is 2.90. The molecule has 0 bridgehead atoms. The fraction of sp³-hybridized carbons (Fsp3) is 0.412. The summed E-state index contributed by atoms with van der Waals surface area (Å²) in [7, 11) is 0. The first kappa shape index (κ1) is 15.3. The zero-order chi connectivity index (χ0) is 15.1. The van der Waals surface area contributed by atoms with E-state index in [1.165, 1.54) is 5.56 Å². The van der Waals surface area contributed by atoms with Crippen molar-refractivity contribution in [2.24, 2.45) is 0 Å². The van der Waals surface area contributed by atoms with E-state index in [1.807, 2.05) is 18.3 Å². The average Bonchev–Trinajstić information content (AvgIpc) is 2.51. The van der Waals surface area contributed by atoms with Crippen molar-refractivity contribution >= 4 is 11.8 Å². The smallest absolute Gasteiger partial charge is 0.227 e. The summed E-state index contributed by atoms with van der Waals surface area (Å²) in [5.74, 6) is 1.66. The van der Waals surface area contributed by atoms with E-state index < -0.39 is 0 Å². The third-order valence-electron chi connectivity index (χ3n) is 3.27. The van der Waals surface area contributed by atoms with Gasteiger partial charge in [0.1, 0.15) is 5.82 Å². The van der Waals surface area contributed by atoms with Gasteiger partial charge in [0.15, 0.2) is 0 Å². The third-order valence-corrected chi connectivity index (χ3v) is 3.27. The summed E-state index contributed by atoms with van der Waals surface area (Å²) in [5.41, 5.74) is 1.27. The first-order valence-corrected chi connectivity index (χ1v) is 7.58. The van der Waals surface area contributed by atoms with E-state index in [9.17, 15) is 0 Å². The molecule has 1 heterocycles. The van der Waals surface area contributed by atoms with Crippen LogP contribution in [-0.2, 0) is 6.54 Å². The van der Waals surface area contributed by atoms with E-state index in [1.54, 1.807) is 0 Å². The molecule has 0 atom stereocenters. The topological polar surface area (TPSA) is 41.1 Å². The lowest BCUT2D eigenvalue weighted by atomic mass is 10.2. The quantitative estimate of drug-likeness (QED) is 0.841. The molecule has 0 saturated carbocycles. The molecule has 0 aliphatic carbocycles. The Morgan fingerprint density at radius 1 is 1.14 bits per heavy atom. The summed E-state index contributed by atoms with van der Waals surface area (Å²) in [5, 5.41) is 3.31. The van der Waals surface area contributed by atoms with Crippen molar-refractivity contribution in [1.82, 2.24) is 9.97 Å². The highest BCUT2D eigenvalue weighted by molar-refractivity contribution is 5.42. The van der Waals surface area contributed by atoms with Crippen molar-refractivity contribution in [1.29, 1.82) is 0 Å². The van der Waals surface area contributed by atoms with Crippen LogP contribution in [0, 0.1) is 0 Å². The van der Waals surface area contributed by atoms with Gasteiger partial charge in [0.05, 0.1) is 0 Å². The predicted octanol–water partition coefficient (Wildman–Crippen LogP) is 3.71. The molecule has 0 spiro atoms. The second-order valence-electron chi connectivity index (χ2n) is 5.38. The van der Waals surface area contributed by atoms with Gasteiger partial charge < -0.3 is 10.2 Å². The molecule has 0 amide bonds. The molecular weight excluding hydrogens is 260 g/mol. The van der Waals surface area contributed by atoms with E-state index in [0.29, 0.717) is 6.04 Å². The van der Waals surface area contributed by atoms with E-state index in [4.69, 9.17) is 0 Å². The Morgan fingerprint density at radius 2 is 1.90 bits per heavy atom. The number of rotatable bonds is 7. The third kappa shape index (κ3) is 4.45. The van der Waals surface area contributed by atoms with Gasteiger partial charge in [0.25, 0.3) is 0 Å². The van der Waals surface area contributed by atoms with E-state index in [2.05, 4.69) is 65.2 Å². The molecular formula is C17H24N4. The highest BCUT2D eigenvalue weighted by atomic mass is 15.3. The SMILES string of the molecule is CCCNc1ccnc(N(Cc2ccccc2)C(C)C)n1. The van der Waals surface area contributed by atoms with Crippen molar-refractivity contribution in [3.63, 3.8) is 0 Å². The fourth-order valence-electron chi connectivity index (χ4n) is 2.10. The van der Waals surface area contributed by atoms with Crippen LogP contribution in [-0.4, -0.2) is 22.6 Å². The van der Waals surface area contributed by atoms with Gasteiger partial charge in [-0.05, 0) is 31.9 Å². The average molecular weight is 284 g/mol. The zero-order valence-electron chi connectivity index (χ0n) is 13.1. The molecule has 0 radical (unpaired) electrons. The number of nitrogens with one attached hydrogen (secondary N) is 1. The predicted molar refractivity (Wildman–Crippen MR) is 88.6 cm³/mol. The Hall–Kier alpha value is -2.10. The van der Waals surface area contributed by atoms with Crippen LogP contribution in [0.1, 0.15) is 32.8 Å². The normalized spacial score (nSPS) is 10.7. The highest BCUT2D eigenvalue weighted by Gasteiger charge is 2.14. The largest absolute Gasteiger partial charge is 0.370 e. The lowest BCUT2D eigenvalue weighted by molar-refractivity contribution is 0.661. The van der Waals surface area contributed by atoms with Gasteiger partial charge in [-0.15, -0.1) is 0 Å². The molecule has 1 aromatic carbocycles. The number of anilines is 2. The van der Waals surface area contributed by atoms with Gasteiger partial charge in [-0.3, -0.25) is 0 Å². The molecule has 0 fully saturated rings. The van der Waals surface area contributed by atoms with Crippen LogP contribution in [0.25, 0.3) is 0 Å². The van der Waals surface area contributed by atoms with Crippen LogP contribution >= 0.6 is 0 Å². The summed E-state index contributed by atoms with van der Waals surface area (Å²) < 4.78 is 0. The van der Waals surface area contributed by atoms with Crippen molar-refractivity contribution in [3.05, 3.63) is 48.2 Å². The van der Waals surface area contributed by atoms with Crippen LogP contribution in [0.3, 0.4) is 0 Å². The molecule has 4 heteroatoms. The molecule has 0 saturated heterocycles. The first-order chi connectivity index (χ1) is 10.2. The highest BCUT2D eigenvalue weighted by Crippen LogP contribution is 2.17.